The average molecular weight is 481 g/mol. The van der Waals surface area contributed by atoms with E-state index in [9.17, 15) is 24.3 Å². The quantitative estimate of drug-likeness (QED) is 0.225. The Kier molecular flexibility index (Phi) is 11.7. The van der Waals surface area contributed by atoms with Crippen LogP contribution in [0.4, 0.5) is 0 Å². The number of nitrogens with one attached hydrogen (secondary N) is 4. The molecule has 4 unspecified atom stereocenters. The van der Waals surface area contributed by atoms with Crippen molar-refractivity contribution in [2.24, 2.45) is 23.5 Å². The molecule has 0 saturated carbocycles. The number of nitrogens with zero attached hydrogens (tertiary/aromatic N) is 1. The number of aliphatic carboxylic acids is 1. The molecule has 7 N–H and O–H groups in total. The fourth-order valence-electron chi connectivity index (χ4n) is 3.45. The summed E-state index contributed by atoms with van der Waals surface area (Å²) >= 11 is 0. The third-order valence-electron chi connectivity index (χ3n) is 5.24. The first-order valence-corrected chi connectivity index (χ1v) is 11.7. The van der Waals surface area contributed by atoms with Crippen LogP contribution in [0.2, 0.25) is 0 Å². The Hall–Kier alpha value is -2.95. The molecule has 1 aromatic rings. The Bertz CT molecular complexity index is 809. The van der Waals surface area contributed by atoms with E-state index in [1.54, 1.807) is 20.0 Å². The van der Waals surface area contributed by atoms with E-state index >= 15 is 0 Å². The number of carbonyl (C=O) groups is 4. The molecule has 11 heteroatoms. The lowest BCUT2D eigenvalue weighted by Crippen LogP contribution is -2.58. The monoisotopic (exact) mass is 480 g/mol. The highest BCUT2D eigenvalue weighted by atomic mass is 16.4. The van der Waals surface area contributed by atoms with Gasteiger partial charge in [-0.3, -0.25) is 14.4 Å². The summed E-state index contributed by atoms with van der Waals surface area (Å²) in [7, 11) is 0. The summed E-state index contributed by atoms with van der Waals surface area (Å²) in [5, 5.41) is 17.4. The molecule has 4 atom stereocenters. The highest BCUT2D eigenvalue weighted by molar-refractivity contribution is 5.94. The summed E-state index contributed by atoms with van der Waals surface area (Å²) in [6.45, 7) is 11.1. The molecule has 0 aliphatic heterocycles. The molecular weight excluding hydrogens is 440 g/mol. The predicted molar refractivity (Wildman–Crippen MR) is 127 cm³/mol. The Morgan fingerprint density at radius 2 is 1.47 bits per heavy atom. The van der Waals surface area contributed by atoms with Crippen molar-refractivity contribution >= 4 is 23.7 Å². The first kappa shape index (κ1) is 29.1. The zero-order chi connectivity index (χ0) is 26.0. The maximum absolute atomic E-state index is 13.1. The summed E-state index contributed by atoms with van der Waals surface area (Å²) < 4.78 is 0. The van der Waals surface area contributed by atoms with E-state index in [4.69, 9.17) is 5.73 Å². The first-order valence-electron chi connectivity index (χ1n) is 11.7. The fourth-order valence-corrected chi connectivity index (χ4v) is 3.45. The molecule has 3 amide bonds. The lowest BCUT2D eigenvalue weighted by atomic mass is 9.98. The van der Waals surface area contributed by atoms with E-state index in [-0.39, 0.29) is 30.6 Å². The largest absolute Gasteiger partial charge is 0.480 e. The highest BCUT2D eigenvalue weighted by Crippen LogP contribution is 2.11. The summed E-state index contributed by atoms with van der Waals surface area (Å²) in [5.41, 5.74) is 6.67. The van der Waals surface area contributed by atoms with Crippen LogP contribution < -0.4 is 21.7 Å². The van der Waals surface area contributed by atoms with Gasteiger partial charge in [-0.1, -0.05) is 41.5 Å². The number of imidazole rings is 1. The van der Waals surface area contributed by atoms with Gasteiger partial charge < -0.3 is 31.8 Å². The van der Waals surface area contributed by atoms with Gasteiger partial charge in [0.05, 0.1) is 12.4 Å². The van der Waals surface area contributed by atoms with Gasteiger partial charge >= 0.3 is 5.97 Å². The lowest BCUT2D eigenvalue weighted by molar-refractivity contribution is -0.143. The number of aromatic nitrogens is 2. The van der Waals surface area contributed by atoms with Gasteiger partial charge in [0.2, 0.25) is 17.7 Å². The van der Waals surface area contributed by atoms with Crippen LogP contribution in [-0.2, 0) is 25.6 Å². The molecule has 0 radical (unpaired) electrons. The van der Waals surface area contributed by atoms with Crippen molar-refractivity contribution in [1.29, 1.82) is 0 Å². The van der Waals surface area contributed by atoms with Crippen LogP contribution in [0.15, 0.2) is 12.5 Å². The van der Waals surface area contributed by atoms with Crippen LogP contribution in [0.25, 0.3) is 0 Å². The predicted octanol–water partition coefficient (Wildman–Crippen LogP) is 0.567. The van der Waals surface area contributed by atoms with Gasteiger partial charge in [-0.15, -0.1) is 0 Å². The normalized spacial score (nSPS) is 15.0. The number of amides is 3. The van der Waals surface area contributed by atoms with Gasteiger partial charge in [0.15, 0.2) is 0 Å². The molecule has 192 valence electrons. The van der Waals surface area contributed by atoms with Crippen molar-refractivity contribution in [3.63, 3.8) is 0 Å². The van der Waals surface area contributed by atoms with Crippen molar-refractivity contribution in [2.45, 2.75) is 85.0 Å². The second kappa shape index (κ2) is 13.7. The number of carboxylic acids is 1. The fraction of sp³-hybridized carbons (Fsp3) is 0.696. The molecule has 0 bridgehead atoms. The van der Waals surface area contributed by atoms with E-state index in [1.165, 1.54) is 6.33 Å². The summed E-state index contributed by atoms with van der Waals surface area (Å²) in [6.07, 6.45) is 3.86. The van der Waals surface area contributed by atoms with E-state index in [1.807, 2.05) is 27.7 Å². The van der Waals surface area contributed by atoms with Gasteiger partial charge in [0.25, 0.3) is 0 Å². The van der Waals surface area contributed by atoms with Crippen LogP contribution in [0.1, 0.15) is 60.1 Å². The maximum atomic E-state index is 13.1. The van der Waals surface area contributed by atoms with E-state index in [2.05, 4.69) is 25.9 Å². The van der Waals surface area contributed by atoms with E-state index in [0.29, 0.717) is 12.1 Å². The molecule has 0 aliphatic carbocycles. The van der Waals surface area contributed by atoms with Crippen molar-refractivity contribution in [3.05, 3.63) is 18.2 Å². The lowest BCUT2D eigenvalue weighted by Gasteiger charge is -2.28. The number of rotatable bonds is 14. The molecule has 1 heterocycles. The summed E-state index contributed by atoms with van der Waals surface area (Å²) in [5.74, 6) is -2.90. The number of carbonyl (C=O) groups excluding carboxylic acids is 3. The van der Waals surface area contributed by atoms with Gasteiger partial charge in [0.1, 0.15) is 18.1 Å². The Balaban J connectivity index is 2.90. The minimum atomic E-state index is -1.13. The molecule has 1 aromatic heterocycles. The number of carboxylic acid groups (broad SMARTS) is 1. The first-order chi connectivity index (χ1) is 15.8. The molecule has 0 fully saturated rings. The van der Waals surface area contributed by atoms with Crippen LogP contribution in [-0.4, -0.2) is 62.9 Å². The van der Waals surface area contributed by atoms with Crippen LogP contribution in [0.5, 0.6) is 0 Å². The molecule has 34 heavy (non-hydrogen) atoms. The van der Waals surface area contributed by atoms with Crippen molar-refractivity contribution < 1.29 is 24.3 Å². The Morgan fingerprint density at radius 1 is 0.912 bits per heavy atom. The van der Waals surface area contributed by atoms with E-state index < -0.39 is 47.9 Å². The Morgan fingerprint density at radius 3 is 1.94 bits per heavy atom. The van der Waals surface area contributed by atoms with Crippen molar-refractivity contribution in [2.75, 3.05) is 0 Å². The van der Waals surface area contributed by atoms with Gasteiger partial charge in [-0.25, -0.2) is 9.78 Å². The molecular formula is C23H40N6O5. The smallest absolute Gasteiger partial charge is 0.326 e. The van der Waals surface area contributed by atoms with Crippen LogP contribution in [0, 0.1) is 17.8 Å². The second-order valence-electron chi connectivity index (χ2n) is 9.84. The van der Waals surface area contributed by atoms with Gasteiger partial charge in [-0.2, -0.15) is 0 Å². The zero-order valence-electron chi connectivity index (χ0n) is 20.9. The van der Waals surface area contributed by atoms with Crippen molar-refractivity contribution in [3.8, 4) is 0 Å². The van der Waals surface area contributed by atoms with Crippen LogP contribution >= 0.6 is 0 Å². The topological polar surface area (TPSA) is 179 Å². The highest BCUT2D eigenvalue weighted by Gasteiger charge is 2.32. The number of aromatic amines is 1. The minimum absolute atomic E-state index is 0.0549. The van der Waals surface area contributed by atoms with E-state index in [0.717, 1.165) is 0 Å². The van der Waals surface area contributed by atoms with Crippen molar-refractivity contribution in [1.82, 2.24) is 25.9 Å². The second-order valence-corrected chi connectivity index (χ2v) is 9.84. The number of H-pyrrole nitrogens is 1. The summed E-state index contributed by atoms with van der Waals surface area (Å²) in [6, 6.07) is -3.82. The zero-order valence-corrected chi connectivity index (χ0v) is 20.9. The standard InChI is InChI=1S/C23H40N6O5/c1-12(2)7-17(21(31)28-18(23(33)34)8-13(3)4)27-22(32)19(14(5)6)29-20(30)16(24)9-15-10-25-11-26-15/h10-14,16-19H,7-9,24H2,1-6H3,(H,25,26)(H,27,32)(H,28,31)(H,29,30)(H,33,34). The molecule has 1 rings (SSSR count). The molecule has 11 nitrogen and oxygen atoms in total. The SMILES string of the molecule is CC(C)CC(NC(=O)C(CC(C)C)NC(=O)C(NC(=O)C(N)Cc1cnc[nH]1)C(C)C)C(=O)O. The third-order valence-corrected chi connectivity index (χ3v) is 5.24. The number of hydrogen-bond donors (Lipinski definition) is 6. The Labute approximate surface area is 201 Å². The molecule has 0 spiro atoms. The van der Waals surface area contributed by atoms with Gasteiger partial charge in [-0.05, 0) is 30.6 Å². The minimum Gasteiger partial charge on any atom is -0.480 e. The molecule has 0 aliphatic rings. The summed E-state index contributed by atoms with van der Waals surface area (Å²) in [4.78, 5) is 56.9. The maximum Gasteiger partial charge on any atom is 0.326 e. The average Bonchev–Trinajstić information content (AvgIpc) is 3.22. The van der Waals surface area contributed by atoms with Gasteiger partial charge in [0, 0.05) is 18.3 Å². The third kappa shape index (κ3) is 9.90. The molecule has 0 aromatic carbocycles. The molecule has 0 saturated heterocycles. The number of hydrogen-bond acceptors (Lipinski definition) is 6. The number of nitrogens with two attached hydrogens (primary N) is 1. The van der Waals surface area contributed by atoms with Crippen LogP contribution in [0.3, 0.4) is 0 Å².